The second-order valence-electron chi connectivity index (χ2n) is 6.61. The second-order valence-corrected chi connectivity index (χ2v) is 7.83. The molecule has 4 rings (SSSR count). The smallest absolute Gasteiger partial charge is 0.235 e. The molecule has 0 fully saturated rings. The number of benzene rings is 3. The molecular weight excluding hydrogens is 431 g/mol. The topological polar surface area (TPSA) is 39.4 Å². The van der Waals surface area contributed by atoms with Crippen molar-refractivity contribution < 1.29 is 9.15 Å². The van der Waals surface area contributed by atoms with E-state index >= 15 is 0 Å². The second kappa shape index (κ2) is 8.11. The summed E-state index contributed by atoms with van der Waals surface area (Å²) in [6, 6.07) is 17.8. The fraction of sp³-hybridized carbons (Fsp3) is 0.0870. The van der Waals surface area contributed by atoms with Gasteiger partial charge in [-0.2, -0.15) is 0 Å². The van der Waals surface area contributed by atoms with E-state index in [1.807, 2.05) is 25.1 Å². The van der Waals surface area contributed by atoms with Crippen LogP contribution in [0, 0.1) is 6.92 Å². The molecule has 0 bridgehead atoms. The van der Waals surface area contributed by atoms with Crippen LogP contribution in [0.1, 0.15) is 11.1 Å². The number of fused-ring (bicyclic) bond motifs is 1. The van der Waals surface area contributed by atoms with Crippen molar-refractivity contribution in [1.29, 1.82) is 0 Å². The Bertz CT molecular complexity index is 1280. The minimum atomic E-state index is -0.259. The molecule has 0 atom stereocenters. The van der Waals surface area contributed by atoms with Crippen molar-refractivity contribution in [2.45, 2.75) is 13.5 Å². The van der Waals surface area contributed by atoms with Crippen molar-refractivity contribution in [2.24, 2.45) is 0 Å². The van der Waals surface area contributed by atoms with Crippen LogP contribution in [0.2, 0.25) is 15.1 Å². The highest BCUT2D eigenvalue weighted by Gasteiger charge is 2.20. The van der Waals surface area contributed by atoms with Crippen LogP contribution in [0.25, 0.3) is 22.3 Å². The molecule has 0 unspecified atom stereocenters. The first kappa shape index (κ1) is 19.8. The number of hydrogen-bond donors (Lipinski definition) is 0. The highest BCUT2D eigenvalue weighted by Crippen LogP contribution is 2.36. The highest BCUT2D eigenvalue weighted by molar-refractivity contribution is 6.42. The first-order valence-corrected chi connectivity index (χ1v) is 9.96. The van der Waals surface area contributed by atoms with Crippen molar-refractivity contribution in [2.75, 3.05) is 0 Å². The molecular formula is C23H15Cl3O3. The van der Waals surface area contributed by atoms with E-state index in [2.05, 4.69) is 0 Å². The summed E-state index contributed by atoms with van der Waals surface area (Å²) >= 11 is 18.4. The summed E-state index contributed by atoms with van der Waals surface area (Å²) < 4.78 is 12.0. The average molecular weight is 446 g/mol. The van der Waals surface area contributed by atoms with E-state index < -0.39 is 0 Å². The first-order chi connectivity index (χ1) is 13.9. The molecule has 0 spiro atoms. The molecule has 3 aromatic carbocycles. The summed E-state index contributed by atoms with van der Waals surface area (Å²) in [4.78, 5) is 13.3. The predicted octanol–water partition coefficient (Wildman–Crippen LogP) is 7.31. The Kier molecular flexibility index (Phi) is 5.55. The van der Waals surface area contributed by atoms with E-state index in [9.17, 15) is 4.79 Å². The Labute approximate surface area is 182 Å². The summed E-state index contributed by atoms with van der Waals surface area (Å²) in [5.74, 6) is 0.388. The lowest BCUT2D eigenvalue weighted by molar-refractivity contribution is 0.298. The van der Waals surface area contributed by atoms with E-state index in [4.69, 9.17) is 44.0 Å². The summed E-state index contributed by atoms with van der Waals surface area (Å²) in [5.41, 5.74) is 2.51. The molecule has 6 heteroatoms. The van der Waals surface area contributed by atoms with E-state index in [0.717, 1.165) is 11.1 Å². The van der Waals surface area contributed by atoms with Gasteiger partial charge in [0.1, 0.15) is 12.2 Å². The third-order valence-corrected chi connectivity index (χ3v) is 5.56. The maximum atomic E-state index is 13.3. The van der Waals surface area contributed by atoms with Crippen LogP contribution in [0.5, 0.6) is 5.75 Å². The van der Waals surface area contributed by atoms with Gasteiger partial charge in [0.2, 0.25) is 11.2 Å². The maximum absolute atomic E-state index is 13.3. The Hall–Kier alpha value is -2.46. The number of halogens is 3. The van der Waals surface area contributed by atoms with Crippen LogP contribution >= 0.6 is 34.8 Å². The number of aryl methyl sites for hydroxylation is 1. The summed E-state index contributed by atoms with van der Waals surface area (Å²) in [6.07, 6.45) is 0. The minimum Gasteiger partial charge on any atom is -0.481 e. The van der Waals surface area contributed by atoms with E-state index in [-0.39, 0.29) is 23.5 Å². The van der Waals surface area contributed by atoms with Gasteiger partial charge in [0.05, 0.1) is 20.5 Å². The van der Waals surface area contributed by atoms with E-state index in [0.29, 0.717) is 31.6 Å². The Morgan fingerprint density at radius 2 is 1.69 bits per heavy atom. The van der Waals surface area contributed by atoms with Gasteiger partial charge in [0.25, 0.3) is 0 Å². The van der Waals surface area contributed by atoms with Crippen LogP contribution in [-0.4, -0.2) is 0 Å². The number of rotatable bonds is 4. The lowest BCUT2D eigenvalue weighted by Crippen LogP contribution is -2.10. The van der Waals surface area contributed by atoms with Gasteiger partial charge in [-0.15, -0.1) is 0 Å². The molecule has 3 nitrogen and oxygen atoms in total. The number of ether oxygens (including phenoxy) is 1. The minimum absolute atomic E-state index is 0.0993. The molecule has 0 aliphatic rings. The SMILES string of the molecule is Cc1ccc2oc(-c3ccccc3Cl)c(OCc3ccc(Cl)c(Cl)c3)c(=O)c2c1. The summed E-state index contributed by atoms with van der Waals surface area (Å²) in [6.45, 7) is 2.04. The van der Waals surface area contributed by atoms with Crippen molar-refractivity contribution in [3.05, 3.63) is 97.1 Å². The van der Waals surface area contributed by atoms with Gasteiger partial charge in [-0.1, -0.05) is 64.6 Å². The van der Waals surface area contributed by atoms with Gasteiger partial charge < -0.3 is 9.15 Å². The van der Waals surface area contributed by atoms with Crippen molar-refractivity contribution in [3.63, 3.8) is 0 Å². The molecule has 0 radical (unpaired) electrons. The van der Waals surface area contributed by atoms with E-state index in [1.165, 1.54) is 0 Å². The van der Waals surface area contributed by atoms with Gasteiger partial charge in [-0.25, -0.2) is 0 Å². The fourth-order valence-corrected chi connectivity index (χ4v) is 3.57. The fourth-order valence-electron chi connectivity index (χ4n) is 3.03. The lowest BCUT2D eigenvalue weighted by atomic mass is 10.1. The Balaban J connectivity index is 1.86. The molecule has 1 heterocycles. The molecule has 0 saturated carbocycles. The molecule has 0 aliphatic heterocycles. The molecule has 1 aromatic heterocycles. The van der Waals surface area contributed by atoms with Gasteiger partial charge in [-0.05, 0) is 48.9 Å². The van der Waals surface area contributed by atoms with Gasteiger partial charge in [0.15, 0.2) is 5.76 Å². The molecule has 0 N–H and O–H groups in total. The zero-order chi connectivity index (χ0) is 20.5. The maximum Gasteiger partial charge on any atom is 0.235 e. The molecule has 146 valence electrons. The van der Waals surface area contributed by atoms with Crippen molar-refractivity contribution in [3.8, 4) is 17.1 Å². The van der Waals surface area contributed by atoms with Gasteiger partial charge in [-0.3, -0.25) is 4.79 Å². The van der Waals surface area contributed by atoms with Gasteiger partial charge >= 0.3 is 0 Å². The molecule has 29 heavy (non-hydrogen) atoms. The van der Waals surface area contributed by atoms with Crippen molar-refractivity contribution in [1.82, 2.24) is 0 Å². The summed E-state index contributed by atoms with van der Waals surface area (Å²) in [5, 5.41) is 1.78. The predicted molar refractivity (Wildman–Crippen MR) is 118 cm³/mol. The zero-order valence-electron chi connectivity index (χ0n) is 15.3. The summed E-state index contributed by atoms with van der Waals surface area (Å²) in [7, 11) is 0. The quantitative estimate of drug-likeness (QED) is 0.330. The van der Waals surface area contributed by atoms with Gasteiger partial charge in [0, 0.05) is 5.56 Å². The standard InChI is InChI=1S/C23H15Cl3O3/c1-13-6-9-20-16(10-13)21(27)23(22(29-20)15-4-2-3-5-17(15)24)28-12-14-7-8-18(25)19(26)11-14/h2-11H,12H2,1H3. The van der Waals surface area contributed by atoms with E-state index in [1.54, 1.807) is 42.5 Å². The normalized spacial score (nSPS) is 11.0. The third kappa shape index (κ3) is 3.99. The molecule has 0 amide bonds. The Morgan fingerprint density at radius 1 is 0.897 bits per heavy atom. The largest absolute Gasteiger partial charge is 0.481 e. The van der Waals surface area contributed by atoms with Crippen LogP contribution in [-0.2, 0) is 6.61 Å². The average Bonchev–Trinajstić information content (AvgIpc) is 2.70. The highest BCUT2D eigenvalue weighted by atomic mass is 35.5. The van der Waals surface area contributed by atoms with Crippen LogP contribution in [0.3, 0.4) is 0 Å². The monoisotopic (exact) mass is 444 g/mol. The third-order valence-electron chi connectivity index (χ3n) is 4.49. The molecule has 4 aromatic rings. The lowest BCUT2D eigenvalue weighted by Gasteiger charge is -2.13. The van der Waals surface area contributed by atoms with Crippen molar-refractivity contribution >= 4 is 45.8 Å². The Morgan fingerprint density at radius 3 is 2.45 bits per heavy atom. The molecule has 0 aliphatic carbocycles. The molecule has 0 saturated heterocycles. The van der Waals surface area contributed by atoms with Crippen LogP contribution in [0.15, 0.2) is 69.9 Å². The van der Waals surface area contributed by atoms with Crippen LogP contribution in [0.4, 0.5) is 0 Å². The number of hydrogen-bond acceptors (Lipinski definition) is 3. The van der Waals surface area contributed by atoms with Crippen LogP contribution < -0.4 is 10.2 Å². The zero-order valence-corrected chi connectivity index (χ0v) is 17.6. The first-order valence-electron chi connectivity index (χ1n) is 8.83.